The van der Waals surface area contributed by atoms with Crippen LogP contribution in [0.4, 0.5) is 10.1 Å². The molecule has 2 atom stereocenters. The summed E-state index contributed by atoms with van der Waals surface area (Å²) in [5.74, 6) is -0.278. The summed E-state index contributed by atoms with van der Waals surface area (Å²) >= 11 is 0. The van der Waals surface area contributed by atoms with E-state index in [0.717, 1.165) is 12.2 Å². The molecule has 0 bridgehead atoms. The molecule has 4 rings (SSSR count). The number of ketones is 1. The third-order valence-electron chi connectivity index (χ3n) is 5.41. The fourth-order valence-electron chi connectivity index (χ4n) is 3.90. The average Bonchev–Trinajstić information content (AvgIpc) is 3.15. The Labute approximate surface area is 159 Å². The number of carbonyl (C=O) groups is 1. The highest BCUT2D eigenvalue weighted by Gasteiger charge is 2.38. The molecule has 0 unspecified atom stereocenters. The van der Waals surface area contributed by atoms with Gasteiger partial charge in [0.2, 0.25) is 0 Å². The molecular weight excluding hydrogens is 337 g/mol. The van der Waals surface area contributed by atoms with E-state index in [1.807, 2.05) is 18.2 Å². The summed E-state index contributed by atoms with van der Waals surface area (Å²) in [7, 11) is 0. The maximum absolute atomic E-state index is 13.3. The minimum Gasteiger partial charge on any atom is -0.370 e. The predicted molar refractivity (Wildman–Crippen MR) is 107 cm³/mol. The molecule has 1 heterocycles. The van der Waals surface area contributed by atoms with Crippen molar-refractivity contribution in [3.05, 3.63) is 101 Å². The number of nitrogens with zero attached hydrogens (tertiary/aromatic N) is 1. The van der Waals surface area contributed by atoms with Crippen molar-refractivity contribution in [3.8, 4) is 0 Å². The van der Waals surface area contributed by atoms with Crippen LogP contribution in [0.15, 0.2) is 78.9 Å². The van der Waals surface area contributed by atoms with Gasteiger partial charge in [0, 0.05) is 36.2 Å². The Morgan fingerprint density at radius 3 is 2.22 bits per heavy atom. The highest BCUT2D eigenvalue weighted by Crippen LogP contribution is 2.37. The molecule has 0 saturated carbocycles. The SMILES string of the molecule is Cc1ccc([C@H]2CN(c3ccccc3)C[C@@H]2C(=O)c2ccc(F)cc2)cc1. The number of carbonyl (C=O) groups excluding carboxylic acids is 1. The lowest BCUT2D eigenvalue weighted by Gasteiger charge is -2.18. The molecule has 3 heteroatoms. The van der Waals surface area contributed by atoms with Gasteiger partial charge < -0.3 is 4.90 Å². The van der Waals surface area contributed by atoms with Crippen molar-refractivity contribution in [1.82, 2.24) is 0 Å². The van der Waals surface area contributed by atoms with E-state index < -0.39 is 0 Å². The number of benzene rings is 3. The number of rotatable bonds is 4. The number of hydrogen-bond acceptors (Lipinski definition) is 2. The monoisotopic (exact) mass is 359 g/mol. The lowest BCUT2D eigenvalue weighted by Crippen LogP contribution is -2.23. The molecule has 27 heavy (non-hydrogen) atoms. The van der Waals surface area contributed by atoms with Crippen molar-refractivity contribution >= 4 is 11.5 Å². The van der Waals surface area contributed by atoms with Crippen molar-refractivity contribution in [2.45, 2.75) is 12.8 Å². The van der Waals surface area contributed by atoms with Crippen molar-refractivity contribution in [2.75, 3.05) is 18.0 Å². The molecule has 0 amide bonds. The Morgan fingerprint density at radius 1 is 0.889 bits per heavy atom. The fourth-order valence-corrected chi connectivity index (χ4v) is 3.90. The topological polar surface area (TPSA) is 20.3 Å². The van der Waals surface area contributed by atoms with Gasteiger partial charge in [0.1, 0.15) is 5.82 Å². The van der Waals surface area contributed by atoms with Crippen LogP contribution in [-0.4, -0.2) is 18.9 Å². The van der Waals surface area contributed by atoms with Gasteiger partial charge in [0.15, 0.2) is 5.78 Å². The Balaban J connectivity index is 1.67. The third kappa shape index (κ3) is 3.63. The number of Topliss-reactive ketones (excluding diaryl/α,β-unsaturated/α-hetero) is 1. The second-order valence-electron chi connectivity index (χ2n) is 7.24. The molecule has 1 fully saturated rings. The molecule has 136 valence electrons. The van der Waals surface area contributed by atoms with E-state index in [9.17, 15) is 9.18 Å². The lowest BCUT2D eigenvalue weighted by atomic mass is 9.83. The van der Waals surface area contributed by atoms with Crippen LogP contribution in [0.25, 0.3) is 0 Å². The van der Waals surface area contributed by atoms with Crippen LogP contribution in [0.1, 0.15) is 27.4 Å². The molecule has 0 spiro atoms. The van der Waals surface area contributed by atoms with E-state index in [-0.39, 0.29) is 23.4 Å². The Hall–Kier alpha value is -2.94. The second kappa shape index (κ2) is 7.36. The van der Waals surface area contributed by atoms with E-state index in [0.29, 0.717) is 12.1 Å². The maximum Gasteiger partial charge on any atom is 0.168 e. The molecular formula is C24H22FNO. The minimum absolute atomic E-state index is 0.0824. The van der Waals surface area contributed by atoms with Crippen molar-refractivity contribution < 1.29 is 9.18 Å². The first-order chi connectivity index (χ1) is 13.1. The zero-order valence-electron chi connectivity index (χ0n) is 15.3. The zero-order chi connectivity index (χ0) is 18.8. The van der Waals surface area contributed by atoms with Gasteiger partial charge in [0.05, 0.1) is 0 Å². The molecule has 2 nitrogen and oxygen atoms in total. The lowest BCUT2D eigenvalue weighted by molar-refractivity contribution is 0.0921. The van der Waals surface area contributed by atoms with Crippen LogP contribution in [-0.2, 0) is 0 Å². The van der Waals surface area contributed by atoms with Crippen molar-refractivity contribution in [1.29, 1.82) is 0 Å². The number of halogens is 1. The zero-order valence-corrected chi connectivity index (χ0v) is 15.3. The van der Waals surface area contributed by atoms with Gasteiger partial charge in [0.25, 0.3) is 0 Å². The number of hydrogen-bond donors (Lipinski definition) is 0. The fraction of sp³-hybridized carbons (Fsp3) is 0.208. The molecule has 1 aliphatic rings. The summed E-state index contributed by atoms with van der Waals surface area (Å²) < 4.78 is 13.3. The number of para-hydroxylation sites is 1. The first kappa shape index (κ1) is 17.5. The largest absolute Gasteiger partial charge is 0.370 e. The Bertz CT molecular complexity index is 919. The van der Waals surface area contributed by atoms with Gasteiger partial charge in [-0.3, -0.25) is 4.79 Å². The summed E-state index contributed by atoms with van der Waals surface area (Å²) in [6, 6.07) is 24.5. The quantitative estimate of drug-likeness (QED) is 0.594. The van der Waals surface area contributed by atoms with Crippen molar-refractivity contribution in [3.63, 3.8) is 0 Å². The summed E-state index contributed by atoms with van der Waals surface area (Å²) in [6.07, 6.45) is 0. The van der Waals surface area contributed by atoms with E-state index in [1.54, 1.807) is 12.1 Å². The molecule has 3 aromatic carbocycles. The van der Waals surface area contributed by atoms with E-state index in [1.165, 1.54) is 23.3 Å². The van der Waals surface area contributed by atoms with Gasteiger partial charge in [-0.05, 0) is 48.9 Å². The van der Waals surface area contributed by atoms with Crippen LogP contribution >= 0.6 is 0 Å². The Kier molecular flexibility index (Phi) is 4.76. The van der Waals surface area contributed by atoms with E-state index in [4.69, 9.17) is 0 Å². The summed E-state index contributed by atoms with van der Waals surface area (Å²) in [5.41, 5.74) is 4.09. The summed E-state index contributed by atoms with van der Waals surface area (Å²) in [5, 5.41) is 0. The molecule has 1 aliphatic heterocycles. The Morgan fingerprint density at radius 2 is 1.56 bits per heavy atom. The highest BCUT2D eigenvalue weighted by molar-refractivity contribution is 5.99. The van der Waals surface area contributed by atoms with Crippen LogP contribution in [0.5, 0.6) is 0 Å². The molecule has 0 N–H and O–H groups in total. The standard InChI is InChI=1S/C24H22FNO/c1-17-7-9-18(10-8-17)22-15-26(21-5-3-2-4-6-21)16-23(22)24(27)19-11-13-20(25)14-12-19/h2-14,22-23H,15-16H2,1H3/t22-,23+/m1/s1. The predicted octanol–water partition coefficient (Wildman–Crippen LogP) is 5.24. The minimum atomic E-state index is -0.320. The van der Waals surface area contributed by atoms with Crippen molar-refractivity contribution in [2.24, 2.45) is 5.92 Å². The van der Waals surface area contributed by atoms with Crippen LogP contribution in [0, 0.1) is 18.7 Å². The van der Waals surface area contributed by atoms with Gasteiger partial charge in [-0.1, -0.05) is 48.0 Å². The third-order valence-corrected chi connectivity index (χ3v) is 5.41. The van der Waals surface area contributed by atoms with Gasteiger partial charge in [-0.15, -0.1) is 0 Å². The molecule has 1 saturated heterocycles. The molecule has 0 aromatic heterocycles. The summed E-state index contributed by atoms with van der Waals surface area (Å²) in [4.78, 5) is 15.5. The smallest absolute Gasteiger partial charge is 0.168 e. The maximum atomic E-state index is 13.3. The summed E-state index contributed by atoms with van der Waals surface area (Å²) in [6.45, 7) is 3.53. The van der Waals surface area contributed by atoms with E-state index in [2.05, 4.69) is 48.2 Å². The number of anilines is 1. The van der Waals surface area contributed by atoms with Crippen LogP contribution < -0.4 is 4.90 Å². The molecule has 3 aromatic rings. The number of aryl methyl sites for hydroxylation is 1. The average molecular weight is 359 g/mol. The normalized spacial score (nSPS) is 19.3. The van der Waals surface area contributed by atoms with Crippen LogP contribution in [0.3, 0.4) is 0 Å². The van der Waals surface area contributed by atoms with Gasteiger partial charge in [-0.25, -0.2) is 4.39 Å². The first-order valence-electron chi connectivity index (χ1n) is 9.28. The molecule has 0 radical (unpaired) electrons. The van der Waals surface area contributed by atoms with E-state index >= 15 is 0 Å². The second-order valence-corrected chi connectivity index (χ2v) is 7.24. The van der Waals surface area contributed by atoms with Gasteiger partial charge in [-0.2, -0.15) is 0 Å². The first-order valence-corrected chi connectivity index (χ1v) is 9.28. The van der Waals surface area contributed by atoms with Crippen LogP contribution in [0.2, 0.25) is 0 Å². The molecule has 0 aliphatic carbocycles. The van der Waals surface area contributed by atoms with Gasteiger partial charge >= 0.3 is 0 Å². The highest BCUT2D eigenvalue weighted by atomic mass is 19.1.